The molecule has 1 aliphatic carbocycles. The van der Waals surface area contributed by atoms with Crippen LogP contribution in [0.2, 0.25) is 0 Å². The van der Waals surface area contributed by atoms with Gasteiger partial charge in [0, 0.05) is 23.8 Å². The number of carbonyl (C=O) groups excluding carboxylic acids is 2. The van der Waals surface area contributed by atoms with Crippen LogP contribution >= 0.6 is 0 Å². The SMILES string of the molecule is CC(C)NC(=O)Nc1cccc(C(=O)N2CCO[C@H]3CCCC[C@@H]32)c1. The first-order valence-electron chi connectivity index (χ1n) is 9.15. The molecule has 6 heteroatoms. The number of rotatable bonds is 3. The number of hydrogen-bond donors (Lipinski definition) is 2. The Bertz CT molecular complexity index is 630. The van der Waals surface area contributed by atoms with E-state index in [0.717, 1.165) is 19.3 Å². The summed E-state index contributed by atoms with van der Waals surface area (Å²) in [6.07, 6.45) is 4.53. The van der Waals surface area contributed by atoms with E-state index in [0.29, 0.717) is 24.4 Å². The molecule has 0 spiro atoms. The summed E-state index contributed by atoms with van der Waals surface area (Å²) < 4.78 is 5.85. The molecule has 2 N–H and O–H groups in total. The molecule has 136 valence electrons. The first-order valence-corrected chi connectivity index (χ1v) is 9.15. The van der Waals surface area contributed by atoms with Gasteiger partial charge in [-0.3, -0.25) is 4.79 Å². The number of benzene rings is 1. The van der Waals surface area contributed by atoms with E-state index in [9.17, 15) is 9.59 Å². The van der Waals surface area contributed by atoms with Crippen molar-refractivity contribution >= 4 is 17.6 Å². The zero-order valence-corrected chi connectivity index (χ0v) is 15.0. The number of fused-ring (bicyclic) bond motifs is 1. The van der Waals surface area contributed by atoms with Gasteiger partial charge >= 0.3 is 6.03 Å². The summed E-state index contributed by atoms with van der Waals surface area (Å²) in [5, 5.41) is 5.56. The number of amides is 3. The lowest BCUT2D eigenvalue weighted by atomic mass is 9.89. The maximum atomic E-state index is 13.0. The minimum absolute atomic E-state index is 0.0214. The van der Waals surface area contributed by atoms with Crippen molar-refractivity contribution in [3.63, 3.8) is 0 Å². The molecule has 0 radical (unpaired) electrons. The summed E-state index contributed by atoms with van der Waals surface area (Å²) in [4.78, 5) is 26.8. The highest BCUT2D eigenvalue weighted by Gasteiger charge is 2.36. The molecule has 1 heterocycles. The van der Waals surface area contributed by atoms with Crippen LogP contribution in [0.1, 0.15) is 49.9 Å². The highest BCUT2D eigenvalue weighted by atomic mass is 16.5. The van der Waals surface area contributed by atoms with E-state index in [2.05, 4.69) is 10.6 Å². The average Bonchev–Trinajstić information content (AvgIpc) is 2.60. The van der Waals surface area contributed by atoms with Crippen molar-refractivity contribution in [3.05, 3.63) is 29.8 Å². The molecule has 1 aliphatic heterocycles. The number of morpholine rings is 1. The summed E-state index contributed by atoms with van der Waals surface area (Å²) in [6, 6.07) is 7.11. The Labute approximate surface area is 148 Å². The fourth-order valence-electron chi connectivity index (χ4n) is 3.67. The van der Waals surface area contributed by atoms with Crippen LogP contribution in [0.5, 0.6) is 0 Å². The van der Waals surface area contributed by atoms with Gasteiger partial charge < -0.3 is 20.3 Å². The standard InChI is InChI=1S/C19H27N3O3/c1-13(2)20-19(24)21-15-7-5-6-14(12-15)18(23)22-10-11-25-17-9-4-3-8-16(17)22/h5-7,12-13,16-17H,3-4,8-11H2,1-2H3,(H2,20,21,24)/t16-,17-/m0/s1. The predicted molar refractivity (Wildman–Crippen MR) is 96.8 cm³/mol. The summed E-state index contributed by atoms with van der Waals surface area (Å²) in [7, 11) is 0. The predicted octanol–water partition coefficient (Wildman–Crippen LogP) is 3.00. The Kier molecular flexibility index (Phi) is 5.58. The van der Waals surface area contributed by atoms with Crippen molar-refractivity contribution in [1.82, 2.24) is 10.2 Å². The van der Waals surface area contributed by atoms with E-state index >= 15 is 0 Å². The largest absolute Gasteiger partial charge is 0.374 e. The smallest absolute Gasteiger partial charge is 0.319 e. The van der Waals surface area contributed by atoms with Crippen LogP contribution < -0.4 is 10.6 Å². The van der Waals surface area contributed by atoms with Gasteiger partial charge in [0.2, 0.25) is 0 Å². The normalized spacial score (nSPS) is 23.1. The zero-order chi connectivity index (χ0) is 17.8. The molecule has 1 aromatic carbocycles. The molecule has 2 aliphatic rings. The second-order valence-electron chi connectivity index (χ2n) is 7.09. The van der Waals surface area contributed by atoms with Crippen LogP contribution in [0.3, 0.4) is 0 Å². The number of nitrogens with zero attached hydrogens (tertiary/aromatic N) is 1. The molecule has 0 unspecified atom stereocenters. The van der Waals surface area contributed by atoms with Crippen molar-refractivity contribution in [2.75, 3.05) is 18.5 Å². The van der Waals surface area contributed by atoms with Crippen molar-refractivity contribution in [2.45, 2.75) is 57.7 Å². The second-order valence-corrected chi connectivity index (χ2v) is 7.09. The van der Waals surface area contributed by atoms with Gasteiger partial charge in [-0.2, -0.15) is 0 Å². The highest BCUT2D eigenvalue weighted by Crippen LogP contribution is 2.29. The first kappa shape index (κ1) is 17.7. The molecule has 3 rings (SSSR count). The van der Waals surface area contributed by atoms with Gasteiger partial charge in [-0.25, -0.2) is 4.79 Å². The van der Waals surface area contributed by atoms with E-state index in [1.807, 2.05) is 18.7 Å². The number of anilines is 1. The summed E-state index contributed by atoms with van der Waals surface area (Å²) in [5.74, 6) is 0.0214. The maximum absolute atomic E-state index is 13.0. The molecule has 1 saturated heterocycles. The summed E-state index contributed by atoms with van der Waals surface area (Å²) in [5.41, 5.74) is 1.23. The van der Waals surface area contributed by atoms with Crippen LogP contribution in [0.15, 0.2) is 24.3 Å². The molecule has 0 bridgehead atoms. The van der Waals surface area contributed by atoms with Crippen LogP contribution in [-0.4, -0.2) is 48.2 Å². The van der Waals surface area contributed by atoms with Crippen molar-refractivity contribution in [2.24, 2.45) is 0 Å². The molecule has 25 heavy (non-hydrogen) atoms. The minimum atomic E-state index is -0.265. The summed E-state index contributed by atoms with van der Waals surface area (Å²) in [6.45, 7) is 5.03. The third kappa shape index (κ3) is 4.31. The van der Waals surface area contributed by atoms with E-state index in [4.69, 9.17) is 4.74 Å². The number of carbonyl (C=O) groups is 2. The van der Waals surface area contributed by atoms with Crippen molar-refractivity contribution in [1.29, 1.82) is 0 Å². The van der Waals surface area contributed by atoms with Crippen LogP contribution in [-0.2, 0) is 4.74 Å². The van der Waals surface area contributed by atoms with Gasteiger partial charge in [0.25, 0.3) is 5.91 Å². The number of urea groups is 1. The molecule has 2 fully saturated rings. The molecule has 1 saturated carbocycles. The highest BCUT2D eigenvalue weighted by molar-refractivity contribution is 5.97. The Balaban J connectivity index is 1.71. The molecule has 0 aromatic heterocycles. The Morgan fingerprint density at radius 2 is 2.04 bits per heavy atom. The lowest BCUT2D eigenvalue weighted by Gasteiger charge is -2.43. The first-order chi connectivity index (χ1) is 12.0. The van der Waals surface area contributed by atoms with Crippen LogP contribution in [0.25, 0.3) is 0 Å². The Morgan fingerprint density at radius 1 is 1.24 bits per heavy atom. The lowest BCUT2D eigenvalue weighted by molar-refractivity contribution is -0.0752. The third-order valence-electron chi connectivity index (χ3n) is 4.78. The van der Waals surface area contributed by atoms with E-state index in [1.165, 1.54) is 6.42 Å². The fourth-order valence-corrected chi connectivity index (χ4v) is 3.67. The maximum Gasteiger partial charge on any atom is 0.319 e. The van der Waals surface area contributed by atoms with Gasteiger partial charge in [-0.05, 0) is 44.9 Å². The number of hydrogen-bond acceptors (Lipinski definition) is 3. The average molecular weight is 345 g/mol. The summed E-state index contributed by atoms with van der Waals surface area (Å²) >= 11 is 0. The zero-order valence-electron chi connectivity index (χ0n) is 15.0. The van der Waals surface area contributed by atoms with Crippen molar-refractivity contribution in [3.8, 4) is 0 Å². The molecule has 1 aromatic rings. The third-order valence-corrected chi connectivity index (χ3v) is 4.78. The molecule has 6 nitrogen and oxygen atoms in total. The molecular weight excluding hydrogens is 318 g/mol. The van der Waals surface area contributed by atoms with E-state index in [-0.39, 0.29) is 30.1 Å². The van der Waals surface area contributed by atoms with Crippen LogP contribution in [0.4, 0.5) is 10.5 Å². The Hall–Kier alpha value is -2.08. The van der Waals surface area contributed by atoms with Gasteiger partial charge in [-0.15, -0.1) is 0 Å². The fraction of sp³-hybridized carbons (Fsp3) is 0.579. The topological polar surface area (TPSA) is 70.7 Å². The van der Waals surface area contributed by atoms with Crippen molar-refractivity contribution < 1.29 is 14.3 Å². The van der Waals surface area contributed by atoms with Gasteiger partial charge in [0.05, 0.1) is 18.8 Å². The lowest BCUT2D eigenvalue weighted by Crippen LogP contribution is -2.54. The van der Waals surface area contributed by atoms with Gasteiger partial charge in [-0.1, -0.05) is 18.9 Å². The molecular formula is C19H27N3O3. The number of ether oxygens (including phenoxy) is 1. The van der Waals surface area contributed by atoms with E-state index in [1.54, 1.807) is 24.3 Å². The van der Waals surface area contributed by atoms with Gasteiger partial charge in [0.15, 0.2) is 0 Å². The molecule has 2 atom stereocenters. The number of nitrogens with one attached hydrogen (secondary N) is 2. The molecule has 3 amide bonds. The monoisotopic (exact) mass is 345 g/mol. The van der Waals surface area contributed by atoms with Gasteiger partial charge in [0.1, 0.15) is 0 Å². The second kappa shape index (κ2) is 7.87. The minimum Gasteiger partial charge on any atom is -0.374 e. The van der Waals surface area contributed by atoms with Crippen LogP contribution in [0, 0.1) is 0 Å². The quantitative estimate of drug-likeness (QED) is 0.885. The Morgan fingerprint density at radius 3 is 2.84 bits per heavy atom. The van der Waals surface area contributed by atoms with E-state index < -0.39 is 0 Å².